The van der Waals surface area contributed by atoms with E-state index in [1.807, 2.05) is 30.3 Å². The highest BCUT2D eigenvalue weighted by atomic mass is 28.3. The Kier molecular flexibility index (Phi) is 8.25. The van der Waals surface area contributed by atoms with Gasteiger partial charge in [-0.25, -0.2) is 0 Å². The molecular weight excluding hydrogens is 360 g/mol. The van der Waals surface area contributed by atoms with E-state index in [1.54, 1.807) is 7.11 Å². The van der Waals surface area contributed by atoms with E-state index in [4.69, 9.17) is 4.74 Å². The van der Waals surface area contributed by atoms with Gasteiger partial charge in [-0.3, -0.25) is 4.79 Å². The summed E-state index contributed by atoms with van der Waals surface area (Å²) in [5.74, 6) is 1.11. The first-order chi connectivity index (χ1) is 13.3. The van der Waals surface area contributed by atoms with E-state index >= 15 is 0 Å². The summed E-state index contributed by atoms with van der Waals surface area (Å²) in [6.45, 7) is 9.33. The number of benzene rings is 2. The Hall–Kier alpha value is -2.13. The Morgan fingerprint density at radius 2 is 1.68 bits per heavy atom. The van der Waals surface area contributed by atoms with Crippen LogP contribution in [0, 0.1) is 0 Å². The third-order valence-corrected chi connectivity index (χ3v) is 6.13. The molecule has 0 aromatic heterocycles. The fourth-order valence-electron chi connectivity index (χ4n) is 3.51. The molecule has 0 amide bonds. The van der Waals surface area contributed by atoms with Crippen molar-refractivity contribution in [1.82, 2.24) is 0 Å². The smallest absolute Gasteiger partial charge is 0.163 e. The summed E-state index contributed by atoms with van der Waals surface area (Å²) in [7, 11) is 0.244. The zero-order valence-corrected chi connectivity index (χ0v) is 19.0. The minimum atomic E-state index is -1.40. The van der Waals surface area contributed by atoms with Crippen molar-refractivity contribution in [2.24, 2.45) is 0 Å². The van der Waals surface area contributed by atoms with Gasteiger partial charge in [0.25, 0.3) is 0 Å². The molecule has 0 heterocycles. The van der Waals surface area contributed by atoms with Gasteiger partial charge in [-0.2, -0.15) is 0 Å². The predicted octanol–water partition coefficient (Wildman–Crippen LogP) is 7.05. The Labute approximate surface area is 171 Å². The molecule has 2 aromatic carbocycles. The highest BCUT2D eigenvalue weighted by Crippen LogP contribution is 2.34. The Balaban J connectivity index is 2.37. The van der Waals surface area contributed by atoms with Gasteiger partial charge in [0, 0.05) is 17.9 Å². The number of Topliss-reactive ketones (excluding diaryl/α,β-unsaturated/α-hetero) is 1. The van der Waals surface area contributed by atoms with E-state index < -0.39 is 8.07 Å². The lowest BCUT2D eigenvalue weighted by Gasteiger charge is -2.24. The fourth-order valence-corrected chi connectivity index (χ4v) is 4.97. The van der Waals surface area contributed by atoms with Gasteiger partial charge < -0.3 is 4.74 Å². The lowest BCUT2D eigenvalue weighted by atomic mass is 9.84. The van der Waals surface area contributed by atoms with Crippen molar-refractivity contribution in [3.63, 3.8) is 0 Å². The predicted molar refractivity (Wildman–Crippen MR) is 122 cm³/mol. The first-order valence-corrected chi connectivity index (χ1v) is 13.9. The summed E-state index contributed by atoms with van der Waals surface area (Å²) >= 11 is 0. The first kappa shape index (κ1) is 22.2. The average molecular weight is 395 g/mol. The number of ketones is 1. The molecule has 0 radical (unpaired) electrons. The van der Waals surface area contributed by atoms with Crippen LogP contribution in [-0.4, -0.2) is 21.0 Å². The van der Waals surface area contributed by atoms with Crippen LogP contribution in [0.4, 0.5) is 0 Å². The zero-order valence-electron chi connectivity index (χ0n) is 18.0. The maximum Gasteiger partial charge on any atom is 0.163 e. The standard InChI is InChI=1S/C25H34O2Si/c1-6-7-11-22(19-28(3,4)5)24(20-12-9-8-10-13-20)18-25(26)21-14-16-23(27-2)17-15-21/h8-10,12-17,19,24H,6-7,11,18H2,1-5H3/b22-19+. The largest absolute Gasteiger partial charge is 0.497 e. The van der Waals surface area contributed by atoms with Crippen LogP contribution in [0.2, 0.25) is 19.6 Å². The SMILES string of the molecule is CCCC/C(=C\[Si](C)(C)C)C(CC(=O)c1ccc(OC)cc1)c1ccccc1. The van der Waals surface area contributed by atoms with Crippen molar-refractivity contribution in [1.29, 1.82) is 0 Å². The molecule has 0 aliphatic rings. The van der Waals surface area contributed by atoms with Crippen molar-refractivity contribution in [2.75, 3.05) is 7.11 Å². The minimum absolute atomic E-state index is 0.147. The number of allylic oxidation sites excluding steroid dienone is 1. The number of ether oxygens (including phenoxy) is 1. The van der Waals surface area contributed by atoms with E-state index in [1.165, 1.54) is 11.1 Å². The van der Waals surface area contributed by atoms with Gasteiger partial charge in [0.2, 0.25) is 0 Å². The van der Waals surface area contributed by atoms with E-state index in [0.717, 1.165) is 30.6 Å². The van der Waals surface area contributed by atoms with Crippen molar-refractivity contribution >= 4 is 13.9 Å². The topological polar surface area (TPSA) is 26.3 Å². The summed E-state index contributed by atoms with van der Waals surface area (Å²) in [5, 5.41) is 0. The molecule has 28 heavy (non-hydrogen) atoms. The third kappa shape index (κ3) is 6.79. The fraction of sp³-hybridized carbons (Fsp3) is 0.400. The Morgan fingerprint density at radius 3 is 2.21 bits per heavy atom. The monoisotopic (exact) mass is 394 g/mol. The molecular formula is C25H34O2Si. The van der Waals surface area contributed by atoms with Crippen LogP contribution < -0.4 is 4.74 Å². The summed E-state index contributed by atoms with van der Waals surface area (Å²) < 4.78 is 5.22. The molecule has 0 spiro atoms. The molecule has 0 saturated heterocycles. The number of carbonyl (C=O) groups excluding carboxylic acids is 1. The molecule has 150 valence electrons. The van der Waals surface area contributed by atoms with Crippen molar-refractivity contribution in [3.8, 4) is 5.75 Å². The van der Waals surface area contributed by atoms with Crippen LogP contribution in [0.3, 0.4) is 0 Å². The molecule has 3 heteroatoms. The molecule has 0 bridgehead atoms. The molecule has 0 aliphatic carbocycles. The van der Waals surface area contributed by atoms with Crippen molar-refractivity contribution < 1.29 is 9.53 Å². The van der Waals surface area contributed by atoms with Crippen LogP contribution in [-0.2, 0) is 0 Å². The zero-order chi connectivity index (χ0) is 20.6. The van der Waals surface area contributed by atoms with Crippen LogP contribution >= 0.6 is 0 Å². The van der Waals surface area contributed by atoms with Crippen molar-refractivity contribution in [3.05, 3.63) is 77.0 Å². The summed E-state index contributed by atoms with van der Waals surface area (Å²) in [4.78, 5) is 13.1. The van der Waals surface area contributed by atoms with Crippen LogP contribution in [0.15, 0.2) is 65.9 Å². The average Bonchev–Trinajstić information content (AvgIpc) is 2.69. The molecule has 1 unspecified atom stereocenters. The molecule has 0 N–H and O–H groups in total. The molecule has 2 nitrogen and oxygen atoms in total. The third-order valence-electron chi connectivity index (χ3n) is 4.89. The quantitative estimate of drug-likeness (QED) is 0.319. The summed E-state index contributed by atoms with van der Waals surface area (Å²) in [6.07, 6.45) is 3.90. The Morgan fingerprint density at radius 1 is 1.04 bits per heavy atom. The second-order valence-corrected chi connectivity index (χ2v) is 13.5. The molecule has 0 saturated carbocycles. The molecule has 1 atom stereocenters. The molecule has 0 aliphatic heterocycles. The normalized spacial score (nSPS) is 13.2. The molecule has 2 rings (SSSR count). The highest BCUT2D eigenvalue weighted by Gasteiger charge is 2.23. The summed E-state index contributed by atoms with van der Waals surface area (Å²) in [5.41, 5.74) is 5.95. The van der Waals surface area contributed by atoms with Gasteiger partial charge in [-0.15, -0.1) is 0 Å². The van der Waals surface area contributed by atoms with E-state index in [9.17, 15) is 4.79 Å². The van der Waals surface area contributed by atoms with Gasteiger partial charge in [0.15, 0.2) is 5.78 Å². The second kappa shape index (κ2) is 10.4. The van der Waals surface area contributed by atoms with Gasteiger partial charge in [0.1, 0.15) is 5.75 Å². The molecule has 2 aromatic rings. The number of hydrogen-bond acceptors (Lipinski definition) is 2. The molecule has 0 fully saturated rings. The minimum Gasteiger partial charge on any atom is -0.497 e. The van der Waals surface area contributed by atoms with Gasteiger partial charge in [-0.1, -0.05) is 74.6 Å². The second-order valence-electron chi connectivity index (χ2n) is 8.51. The number of hydrogen-bond donors (Lipinski definition) is 0. The number of methoxy groups -OCH3 is 1. The van der Waals surface area contributed by atoms with Gasteiger partial charge in [0.05, 0.1) is 15.2 Å². The van der Waals surface area contributed by atoms with Crippen LogP contribution in [0.25, 0.3) is 0 Å². The number of rotatable bonds is 10. The van der Waals surface area contributed by atoms with Gasteiger partial charge >= 0.3 is 0 Å². The summed E-state index contributed by atoms with van der Waals surface area (Å²) in [6, 6.07) is 18.0. The highest BCUT2D eigenvalue weighted by molar-refractivity contribution is 6.81. The van der Waals surface area contributed by atoms with E-state index in [-0.39, 0.29) is 11.7 Å². The first-order valence-electron chi connectivity index (χ1n) is 10.3. The van der Waals surface area contributed by atoms with E-state index in [0.29, 0.717) is 6.42 Å². The van der Waals surface area contributed by atoms with E-state index in [2.05, 4.69) is 56.5 Å². The van der Waals surface area contributed by atoms with Gasteiger partial charge in [-0.05, 0) is 42.7 Å². The Bertz CT molecular complexity index is 770. The number of carbonyl (C=O) groups is 1. The lowest BCUT2D eigenvalue weighted by Crippen LogP contribution is -2.20. The van der Waals surface area contributed by atoms with Crippen LogP contribution in [0.5, 0.6) is 5.75 Å². The maximum absolute atomic E-state index is 13.1. The van der Waals surface area contributed by atoms with Crippen molar-refractivity contribution in [2.45, 2.75) is 58.2 Å². The maximum atomic E-state index is 13.1. The van der Waals surface area contributed by atoms with Crippen LogP contribution in [0.1, 0.15) is 54.4 Å². The lowest BCUT2D eigenvalue weighted by molar-refractivity contribution is 0.0977. The number of unbranched alkanes of at least 4 members (excludes halogenated alkanes) is 1.